The summed E-state index contributed by atoms with van der Waals surface area (Å²) in [6, 6.07) is -0.603. The van der Waals surface area contributed by atoms with E-state index >= 15 is 0 Å². The first-order valence-electron chi connectivity index (χ1n) is 5.65. The number of rotatable bonds is 2. The third kappa shape index (κ3) is 2.22. The number of nitrogens with one attached hydrogen (secondary N) is 1. The van der Waals surface area contributed by atoms with Crippen LogP contribution in [0, 0.1) is 0 Å². The van der Waals surface area contributed by atoms with Gasteiger partial charge in [0, 0.05) is 13.1 Å². The number of aromatic nitrogens is 6. The first-order chi connectivity index (χ1) is 9.36. The van der Waals surface area contributed by atoms with Crippen LogP contribution < -0.4 is 10.2 Å². The van der Waals surface area contributed by atoms with Gasteiger partial charge in [0.1, 0.15) is 31.4 Å². The van der Waals surface area contributed by atoms with Gasteiger partial charge in [-0.3, -0.25) is 15.0 Å². The third-order valence-corrected chi connectivity index (χ3v) is 2.69. The minimum Gasteiger partial charge on any atom is -0.298 e. The SMILES string of the molecule is O=C1C(c2ncncn2)NCCN1c1ncncn1. The number of hydrogen-bond acceptors (Lipinski definition) is 8. The molecular formula is C10H10N8O. The molecule has 2 aromatic heterocycles. The quantitative estimate of drug-likeness (QED) is 0.710. The van der Waals surface area contributed by atoms with E-state index in [1.807, 2.05) is 0 Å². The molecule has 9 heteroatoms. The number of anilines is 1. The monoisotopic (exact) mass is 258 g/mol. The van der Waals surface area contributed by atoms with Gasteiger partial charge in [-0.1, -0.05) is 0 Å². The highest BCUT2D eigenvalue weighted by molar-refractivity contribution is 5.96. The van der Waals surface area contributed by atoms with Crippen LogP contribution in [-0.4, -0.2) is 48.9 Å². The van der Waals surface area contributed by atoms with Crippen LogP contribution in [0.2, 0.25) is 0 Å². The summed E-state index contributed by atoms with van der Waals surface area (Å²) < 4.78 is 0. The molecule has 3 heterocycles. The Morgan fingerprint density at radius 2 is 1.68 bits per heavy atom. The summed E-state index contributed by atoms with van der Waals surface area (Å²) in [5.74, 6) is 0.531. The number of nitrogens with zero attached hydrogens (tertiary/aromatic N) is 7. The minimum atomic E-state index is -0.603. The van der Waals surface area contributed by atoms with Gasteiger partial charge in [-0.15, -0.1) is 0 Å². The molecule has 1 unspecified atom stereocenters. The lowest BCUT2D eigenvalue weighted by molar-refractivity contribution is -0.122. The fraction of sp³-hybridized carbons (Fsp3) is 0.300. The van der Waals surface area contributed by atoms with Gasteiger partial charge in [-0.25, -0.2) is 29.9 Å². The molecule has 19 heavy (non-hydrogen) atoms. The molecule has 96 valence electrons. The van der Waals surface area contributed by atoms with Crippen molar-refractivity contribution in [2.75, 3.05) is 18.0 Å². The van der Waals surface area contributed by atoms with E-state index in [1.54, 1.807) is 0 Å². The van der Waals surface area contributed by atoms with Crippen molar-refractivity contribution in [2.24, 2.45) is 0 Å². The zero-order valence-corrected chi connectivity index (χ0v) is 9.84. The predicted molar refractivity (Wildman–Crippen MR) is 62.8 cm³/mol. The Balaban J connectivity index is 1.88. The van der Waals surface area contributed by atoms with Crippen LogP contribution in [0.1, 0.15) is 11.9 Å². The Hall–Kier alpha value is -2.55. The van der Waals surface area contributed by atoms with Crippen molar-refractivity contribution in [3.63, 3.8) is 0 Å². The van der Waals surface area contributed by atoms with Crippen molar-refractivity contribution in [1.82, 2.24) is 35.2 Å². The number of hydrogen-bond donors (Lipinski definition) is 1. The summed E-state index contributed by atoms with van der Waals surface area (Å²) in [7, 11) is 0. The van der Waals surface area contributed by atoms with Crippen molar-refractivity contribution >= 4 is 11.9 Å². The molecule has 1 atom stereocenters. The van der Waals surface area contributed by atoms with Crippen molar-refractivity contribution in [3.8, 4) is 0 Å². The lowest BCUT2D eigenvalue weighted by Crippen LogP contribution is -2.51. The third-order valence-electron chi connectivity index (χ3n) is 2.69. The van der Waals surface area contributed by atoms with Crippen LogP contribution in [0.5, 0.6) is 0 Å². The van der Waals surface area contributed by atoms with Gasteiger partial charge in [0.15, 0.2) is 5.82 Å². The smallest absolute Gasteiger partial charge is 0.254 e. The Bertz CT molecular complexity index is 513. The largest absolute Gasteiger partial charge is 0.298 e. The van der Waals surface area contributed by atoms with Crippen LogP contribution >= 0.6 is 0 Å². The molecule has 1 aliphatic rings. The summed E-state index contributed by atoms with van der Waals surface area (Å²) >= 11 is 0. The molecule has 1 aliphatic heterocycles. The Kier molecular flexibility index (Phi) is 3.02. The predicted octanol–water partition coefficient (Wildman–Crippen LogP) is -1.27. The molecule has 3 rings (SSSR count). The van der Waals surface area contributed by atoms with Gasteiger partial charge in [0.05, 0.1) is 0 Å². The maximum absolute atomic E-state index is 12.4. The number of amides is 1. The highest BCUT2D eigenvalue weighted by Gasteiger charge is 2.33. The van der Waals surface area contributed by atoms with E-state index in [0.29, 0.717) is 24.9 Å². The number of carbonyl (C=O) groups excluding carboxylic acids is 1. The van der Waals surface area contributed by atoms with Crippen LogP contribution in [0.15, 0.2) is 25.3 Å². The Labute approximate surface area is 108 Å². The molecule has 9 nitrogen and oxygen atoms in total. The fourth-order valence-corrected chi connectivity index (χ4v) is 1.84. The van der Waals surface area contributed by atoms with Crippen LogP contribution in [-0.2, 0) is 4.79 Å². The van der Waals surface area contributed by atoms with Crippen molar-refractivity contribution in [2.45, 2.75) is 6.04 Å². The summed E-state index contributed by atoms with van der Waals surface area (Å²) in [4.78, 5) is 37.3. The zero-order chi connectivity index (χ0) is 13.1. The van der Waals surface area contributed by atoms with E-state index in [9.17, 15) is 4.79 Å². The van der Waals surface area contributed by atoms with Gasteiger partial charge < -0.3 is 0 Å². The Morgan fingerprint density at radius 1 is 1.05 bits per heavy atom. The minimum absolute atomic E-state index is 0.191. The molecule has 0 spiro atoms. The molecule has 1 saturated heterocycles. The van der Waals surface area contributed by atoms with E-state index in [1.165, 1.54) is 30.2 Å². The van der Waals surface area contributed by atoms with Crippen molar-refractivity contribution < 1.29 is 4.79 Å². The maximum atomic E-state index is 12.4. The van der Waals surface area contributed by atoms with Crippen LogP contribution in [0.25, 0.3) is 0 Å². The first kappa shape index (κ1) is 11.5. The van der Waals surface area contributed by atoms with Crippen molar-refractivity contribution in [3.05, 3.63) is 31.1 Å². The van der Waals surface area contributed by atoms with E-state index in [4.69, 9.17) is 0 Å². The maximum Gasteiger partial charge on any atom is 0.254 e. The summed E-state index contributed by atoms with van der Waals surface area (Å²) in [6.07, 6.45) is 5.43. The molecule has 0 aromatic carbocycles. The lowest BCUT2D eigenvalue weighted by atomic mass is 10.2. The van der Waals surface area contributed by atoms with Gasteiger partial charge >= 0.3 is 0 Å². The molecule has 0 radical (unpaired) electrons. The van der Waals surface area contributed by atoms with Gasteiger partial charge in [0.25, 0.3) is 5.91 Å². The highest BCUT2D eigenvalue weighted by atomic mass is 16.2. The zero-order valence-electron chi connectivity index (χ0n) is 9.84. The molecule has 0 aliphatic carbocycles. The summed E-state index contributed by atoms with van der Waals surface area (Å²) in [6.45, 7) is 1.10. The highest BCUT2D eigenvalue weighted by Crippen LogP contribution is 2.17. The molecule has 1 fully saturated rings. The molecule has 1 amide bonds. The molecule has 1 N–H and O–H groups in total. The molecule has 0 bridgehead atoms. The summed E-state index contributed by atoms with van der Waals surface area (Å²) in [5, 5.41) is 3.07. The molecular weight excluding hydrogens is 248 g/mol. The fourth-order valence-electron chi connectivity index (χ4n) is 1.84. The Morgan fingerprint density at radius 3 is 2.37 bits per heavy atom. The van der Waals surface area contributed by atoms with Crippen LogP contribution in [0.3, 0.4) is 0 Å². The average Bonchev–Trinajstić information content (AvgIpc) is 2.49. The second kappa shape index (κ2) is 4.98. The normalized spacial score (nSPS) is 19.5. The van der Waals surface area contributed by atoms with E-state index in [2.05, 4.69) is 35.2 Å². The van der Waals surface area contributed by atoms with E-state index in [-0.39, 0.29) is 5.91 Å². The van der Waals surface area contributed by atoms with Gasteiger partial charge in [-0.05, 0) is 0 Å². The topological polar surface area (TPSA) is 110 Å². The second-order valence-corrected chi connectivity index (χ2v) is 3.81. The van der Waals surface area contributed by atoms with Crippen LogP contribution in [0.4, 0.5) is 5.95 Å². The lowest BCUT2D eigenvalue weighted by Gasteiger charge is -2.30. The van der Waals surface area contributed by atoms with Gasteiger partial charge in [-0.2, -0.15) is 0 Å². The molecule has 2 aromatic rings. The van der Waals surface area contributed by atoms with Crippen molar-refractivity contribution in [1.29, 1.82) is 0 Å². The first-order valence-corrected chi connectivity index (χ1v) is 5.65. The number of carbonyl (C=O) groups is 1. The van der Waals surface area contributed by atoms with E-state index < -0.39 is 6.04 Å². The summed E-state index contributed by atoms with van der Waals surface area (Å²) in [5.41, 5.74) is 0. The second-order valence-electron chi connectivity index (χ2n) is 3.81. The molecule has 0 saturated carbocycles. The standard InChI is InChI=1S/C10H10N8O/c19-9-7(8-14-3-11-4-15-8)13-1-2-18(9)10-16-5-12-6-17-10/h3-7,13H,1-2H2. The van der Waals surface area contributed by atoms with E-state index in [0.717, 1.165) is 0 Å². The average molecular weight is 258 g/mol. The van der Waals surface area contributed by atoms with Gasteiger partial charge in [0.2, 0.25) is 5.95 Å². The number of piperazine rings is 1.